The standard InChI is InChI=1S/C16H18ClN3O4S/c17-13-3-1-2-4-15(13)20-16-12(5-10-25(21,22)24-16)14(18-20)11-19-6-8-23-9-7-19/h1-4H,5-11H2. The first-order valence-corrected chi connectivity index (χ1v) is 10.1. The lowest BCUT2D eigenvalue weighted by atomic mass is 10.1. The van der Waals surface area contributed by atoms with Gasteiger partial charge in [-0.25, -0.2) is 0 Å². The number of nitrogens with zero attached hydrogens (tertiary/aromatic N) is 3. The summed E-state index contributed by atoms with van der Waals surface area (Å²) >= 11 is 6.28. The second-order valence-electron chi connectivity index (χ2n) is 6.08. The van der Waals surface area contributed by atoms with Crippen LogP contribution in [0.15, 0.2) is 24.3 Å². The molecule has 0 bridgehead atoms. The van der Waals surface area contributed by atoms with Gasteiger partial charge in [-0.15, -0.1) is 0 Å². The van der Waals surface area contributed by atoms with E-state index < -0.39 is 10.1 Å². The van der Waals surface area contributed by atoms with E-state index in [1.54, 1.807) is 12.1 Å². The summed E-state index contributed by atoms with van der Waals surface area (Å²) in [5.41, 5.74) is 2.26. The molecule has 0 unspecified atom stereocenters. The van der Waals surface area contributed by atoms with Gasteiger partial charge in [0.25, 0.3) is 0 Å². The molecule has 2 aliphatic heterocycles. The zero-order valence-corrected chi connectivity index (χ0v) is 15.1. The van der Waals surface area contributed by atoms with E-state index in [2.05, 4.69) is 10.00 Å². The molecule has 2 aromatic rings. The molecule has 134 valence electrons. The van der Waals surface area contributed by atoms with Crippen LogP contribution in [-0.2, 0) is 27.8 Å². The molecule has 0 aliphatic carbocycles. The Balaban J connectivity index is 1.77. The molecular weight excluding hydrogens is 366 g/mol. The van der Waals surface area contributed by atoms with Crippen molar-refractivity contribution in [3.63, 3.8) is 0 Å². The van der Waals surface area contributed by atoms with Gasteiger partial charge in [-0.1, -0.05) is 23.7 Å². The van der Waals surface area contributed by atoms with Gasteiger partial charge in [0.1, 0.15) is 0 Å². The van der Waals surface area contributed by atoms with Crippen LogP contribution in [0.25, 0.3) is 5.69 Å². The molecule has 0 spiro atoms. The van der Waals surface area contributed by atoms with Crippen LogP contribution >= 0.6 is 11.6 Å². The lowest BCUT2D eigenvalue weighted by Crippen LogP contribution is -2.36. The quantitative estimate of drug-likeness (QED) is 0.750. The SMILES string of the molecule is O=S1(=O)CCc2c(CN3CCOCC3)nn(-c3ccccc3Cl)c2O1. The van der Waals surface area contributed by atoms with Gasteiger partial charge in [0.05, 0.1) is 35.4 Å². The Kier molecular flexibility index (Phi) is 4.45. The molecule has 7 nitrogen and oxygen atoms in total. The van der Waals surface area contributed by atoms with Crippen LogP contribution in [0.5, 0.6) is 5.88 Å². The van der Waals surface area contributed by atoms with Crippen molar-refractivity contribution in [3.05, 3.63) is 40.5 Å². The van der Waals surface area contributed by atoms with Gasteiger partial charge in [-0.3, -0.25) is 4.90 Å². The molecule has 0 atom stereocenters. The van der Waals surface area contributed by atoms with Crippen LogP contribution in [0.1, 0.15) is 11.3 Å². The van der Waals surface area contributed by atoms with Crippen molar-refractivity contribution in [2.45, 2.75) is 13.0 Å². The van der Waals surface area contributed by atoms with Gasteiger partial charge in [0.15, 0.2) is 0 Å². The first kappa shape index (κ1) is 16.8. The summed E-state index contributed by atoms with van der Waals surface area (Å²) in [6.07, 6.45) is 0.391. The molecule has 0 saturated carbocycles. The number of benzene rings is 1. The summed E-state index contributed by atoms with van der Waals surface area (Å²) in [6, 6.07) is 7.17. The molecule has 0 radical (unpaired) electrons. The third-order valence-corrected chi connectivity index (χ3v) is 5.82. The van der Waals surface area contributed by atoms with Crippen molar-refractivity contribution >= 4 is 21.7 Å². The summed E-state index contributed by atoms with van der Waals surface area (Å²) in [5.74, 6) is 0.215. The lowest BCUT2D eigenvalue weighted by Gasteiger charge is -2.26. The van der Waals surface area contributed by atoms with Crippen LogP contribution in [0.2, 0.25) is 5.02 Å². The predicted molar refractivity (Wildman–Crippen MR) is 92.8 cm³/mol. The smallest absolute Gasteiger partial charge is 0.311 e. The monoisotopic (exact) mass is 383 g/mol. The third kappa shape index (κ3) is 3.39. The Labute approximate surface area is 151 Å². The largest absolute Gasteiger partial charge is 0.379 e. The highest BCUT2D eigenvalue weighted by Crippen LogP contribution is 2.34. The number of hydrogen-bond donors (Lipinski definition) is 0. The van der Waals surface area contributed by atoms with E-state index in [1.165, 1.54) is 4.68 Å². The molecule has 3 heterocycles. The number of rotatable bonds is 3. The summed E-state index contributed by atoms with van der Waals surface area (Å²) in [7, 11) is -3.60. The Hall–Kier alpha value is -1.61. The molecule has 0 N–H and O–H groups in total. The lowest BCUT2D eigenvalue weighted by molar-refractivity contribution is 0.0335. The van der Waals surface area contributed by atoms with Crippen molar-refractivity contribution in [2.24, 2.45) is 0 Å². The van der Waals surface area contributed by atoms with Crippen molar-refractivity contribution < 1.29 is 17.3 Å². The minimum Gasteiger partial charge on any atom is -0.379 e. The van der Waals surface area contributed by atoms with Gasteiger partial charge >= 0.3 is 10.1 Å². The second kappa shape index (κ2) is 6.60. The minimum atomic E-state index is -3.60. The average molecular weight is 384 g/mol. The summed E-state index contributed by atoms with van der Waals surface area (Å²) < 4.78 is 36.1. The molecule has 2 aliphatic rings. The highest BCUT2D eigenvalue weighted by atomic mass is 35.5. The van der Waals surface area contributed by atoms with Crippen molar-refractivity contribution in [1.29, 1.82) is 0 Å². The van der Waals surface area contributed by atoms with Crippen LogP contribution in [0.4, 0.5) is 0 Å². The van der Waals surface area contributed by atoms with Crippen LogP contribution in [0, 0.1) is 0 Å². The van der Waals surface area contributed by atoms with E-state index in [-0.39, 0.29) is 11.6 Å². The number of ether oxygens (including phenoxy) is 1. The van der Waals surface area contributed by atoms with Gasteiger partial charge in [0.2, 0.25) is 5.88 Å². The van der Waals surface area contributed by atoms with Crippen LogP contribution in [0.3, 0.4) is 0 Å². The highest BCUT2D eigenvalue weighted by Gasteiger charge is 2.32. The van der Waals surface area contributed by atoms with E-state index in [1.807, 2.05) is 12.1 Å². The zero-order valence-electron chi connectivity index (χ0n) is 13.5. The Morgan fingerprint density at radius 3 is 2.72 bits per heavy atom. The van der Waals surface area contributed by atoms with Gasteiger partial charge in [-0.05, 0) is 18.6 Å². The molecule has 4 rings (SSSR count). The van der Waals surface area contributed by atoms with Crippen molar-refractivity contribution in [1.82, 2.24) is 14.7 Å². The molecule has 0 amide bonds. The number of para-hydroxylation sites is 1. The first-order chi connectivity index (χ1) is 12.0. The van der Waals surface area contributed by atoms with Crippen LogP contribution < -0.4 is 4.18 Å². The summed E-state index contributed by atoms with van der Waals surface area (Å²) in [6.45, 7) is 3.67. The van der Waals surface area contributed by atoms with Gasteiger partial charge < -0.3 is 8.92 Å². The average Bonchev–Trinajstić information content (AvgIpc) is 2.92. The van der Waals surface area contributed by atoms with E-state index in [0.29, 0.717) is 36.9 Å². The molecule has 25 heavy (non-hydrogen) atoms. The third-order valence-electron chi connectivity index (χ3n) is 4.39. The van der Waals surface area contributed by atoms with Crippen molar-refractivity contribution in [3.8, 4) is 11.6 Å². The maximum Gasteiger partial charge on any atom is 0.311 e. The predicted octanol–water partition coefficient (Wildman–Crippen LogP) is 1.62. The molecule has 9 heteroatoms. The molecule has 1 aromatic heterocycles. The molecule has 1 fully saturated rings. The second-order valence-corrected chi connectivity index (χ2v) is 8.17. The zero-order chi connectivity index (χ0) is 17.4. The van der Waals surface area contributed by atoms with Crippen molar-refractivity contribution in [2.75, 3.05) is 32.1 Å². The molecular formula is C16H18ClN3O4S. The van der Waals surface area contributed by atoms with E-state index in [4.69, 9.17) is 20.5 Å². The summed E-state index contributed by atoms with van der Waals surface area (Å²) in [4.78, 5) is 2.24. The number of aromatic nitrogens is 2. The Morgan fingerprint density at radius 1 is 1.20 bits per heavy atom. The van der Waals surface area contributed by atoms with Crippen LogP contribution in [-0.4, -0.2) is 55.2 Å². The Bertz CT molecular complexity index is 891. The topological polar surface area (TPSA) is 73.7 Å². The van der Waals surface area contributed by atoms with E-state index >= 15 is 0 Å². The Morgan fingerprint density at radius 2 is 1.96 bits per heavy atom. The first-order valence-electron chi connectivity index (χ1n) is 8.11. The molecule has 1 saturated heterocycles. The maximum atomic E-state index is 12.0. The number of fused-ring (bicyclic) bond motifs is 1. The normalized spacial score (nSPS) is 20.0. The fraction of sp³-hybridized carbons (Fsp3) is 0.438. The fourth-order valence-corrected chi connectivity index (χ4v) is 4.25. The summed E-state index contributed by atoms with van der Waals surface area (Å²) in [5, 5.41) is 5.13. The number of halogens is 1. The highest BCUT2D eigenvalue weighted by molar-refractivity contribution is 7.87. The fourth-order valence-electron chi connectivity index (χ4n) is 3.09. The number of hydrogen-bond acceptors (Lipinski definition) is 6. The number of morpholine rings is 1. The van der Waals surface area contributed by atoms with E-state index in [0.717, 1.165) is 24.3 Å². The van der Waals surface area contributed by atoms with Gasteiger partial charge in [-0.2, -0.15) is 18.2 Å². The molecule has 1 aromatic carbocycles. The minimum absolute atomic E-state index is 0.0374. The van der Waals surface area contributed by atoms with E-state index in [9.17, 15) is 8.42 Å². The van der Waals surface area contributed by atoms with Gasteiger partial charge in [0, 0.05) is 25.2 Å². The maximum absolute atomic E-state index is 12.0.